The number of anilines is 2. The summed E-state index contributed by atoms with van der Waals surface area (Å²) in [6, 6.07) is 12.4. The number of rotatable bonds is 7. The van der Waals surface area contributed by atoms with Gasteiger partial charge < -0.3 is 30.6 Å². The fourth-order valence-corrected chi connectivity index (χ4v) is 6.52. The minimum Gasteiger partial charge on any atom is -0.495 e. The maximum absolute atomic E-state index is 13.5. The second-order valence-electron chi connectivity index (χ2n) is 11.0. The van der Waals surface area contributed by atoms with Gasteiger partial charge in [-0.15, -0.1) is 0 Å². The number of methoxy groups -OCH3 is 1. The van der Waals surface area contributed by atoms with Gasteiger partial charge >= 0.3 is 6.18 Å². The number of benzene rings is 2. The lowest BCUT2D eigenvalue weighted by molar-refractivity contribution is -0.140. The predicted molar refractivity (Wildman–Crippen MR) is 172 cm³/mol. The summed E-state index contributed by atoms with van der Waals surface area (Å²) in [5.41, 5.74) is 2.72. The third kappa shape index (κ3) is 9.80. The molecule has 0 unspecified atom stereocenters. The molecule has 1 aliphatic heterocycles. The van der Waals surface area contributed by atoms with Crippen molar-refractivity contribution in [3.8, 4) is 17.6 Å². The Bertz CT molecular complexity index is 1630. The molecule has 3 aromatic rings. The van der Waals surface area contributed by atoms with Crippen molar-refractivity contribution in [2.75, 3.05) is 55.9 Å². The molecule has 9 nitrogen and oxygen atoms in total. The van der Waals surface area contributed by atoms with Crippen molar-refractivity contribution >= 4 is 38.0 Å². The van der Waals surface area contributed by atoms with Crippen molar-refractivity contribution in [3.63, 3.8) is 0 Å². The molecule has 45 heavy (non-hydrogen) atoms. The van der Waals surface area contributed by atoms with Crippen LogP contribution in [0.25, 0.3) is 10.9 Å². The lowest BCUT2D eigenvalue weighted by Gasteiger charge is -2.24. The first-order valence-corrected chi connectivity index (χ1v) is 16.8. The van der Waals surface area contributed by atoms with Gasteiger partial charge in [0.1, 0.15) is 12.3 Å². The smallest absolute Gasteiger partial charge is 0.406 e. The number of hydrogen-bond acceptors (Lipinski definition) is 7. The monoisotopic (exact) mass is 647 g/mol. The molecule has 1 aliphatic carbocycles. The summed E-state index contributed by atoms with van der Waals surface area (Å²) in [4.78, 5) is 11.9. The molecule has 2 heterocycles. The quantitative estimate of drug-likeness (QED) is 0.273. The molecule has 13 heteroatoms. The first-order chi connectivity index (χ1) is 21.5. The summed E-state index contributed by atoms with van der Waals surface area (Å²) in [5, 5.41) is 12.9. The molecule has 1 saturated heterocycles. The summed E-state index contributed by atoms with van der Waals surface area (Å²) in [6.45, 7) is 0.316. The zero-order valence-corrected chi connectivity index (χ0v) is 26.3. The molecule has 0 atom stereocenters. The Morgan fingerprint density at radius 1 is 1.07 bits per heavy atom. The van der Waals surface area contributed by atoms with Gasteiger partial charge in [-0.3, -0.25) is 4.79 Å². The SMILES string of the molecule is CNC(=O)c1ccc(NCC#Cc2cc3c(NC4CCCCC4)cccc3n2CC(F)(F)F)c(OC)c1.O=S1(=O)CCNCC1. The molecule has 5 rings (SSSR count). The van der Waals surface area contributed by atoms with E-state index in [2.05, 4.69) is 33.1 Å². The summed E-state index contributed by atoms with van der Waals surface area (Å²) in [5.74, 6) is 6.71. The van der Waals surface area contributed by atoms with Crippen LogP contribution in [0.15, 0.2) is 42.5 Å². The fraction of sp³-hybridized carbons (Fsp3) is 0.469. The first-order valence-electron chi connectivity index (χ1n) is 15.0. The molecule has 2 aliphatic rings. The number of ether oxygens (including phenoxy) is 1. The molecular formula is C32H40F3N5O4S. The van der Waals surface area contributed by atoms with E-state index in [4.69, 9.17) is 4.74 Å². The molecule has 0 bridgehead atoms. The van der Waals surface area contributed by atoms with Crippen LogP contribution in [0.1, 0.15) is 48.2 Å². The predicted octanol–water partition coefficient (Wildman–Crippen LogP) is 4.78. The molecule has 4 N–H and O–H groups in total. The maximum Gasteiger partial charge on any atom is 0.406 e. The third-order valence-corrected chi connectivity index (χ3v) is 9.35. The largest absolute Gasteiger partial charge is 0.495 e. The average molecular weight is 648 g/mol. The van der Waals surface area contributed by atoms with Gasteiger partial charge in [0.15, 0.2) is 9.84 Å². The lowest BCUT2D eigenvalue weighted by atomic mass is 9.95. The van der Waals surface area contributed by atoms with Crippen LogP contribution in [0.3, 0.4) is 0 Å². The normalized spacial score (nSPS) is 16.5. The van der Waals surface area contributed by atoms with Crippen molar-refractivity contribution in [2.45, 2.75) is 50.9 Å². The van der Waals surface area contributed by atoms with Crippen molar-refractivity contribution < 1.29 is 31.1 Å². The Labute approximate surface area is 262 Å². The number of aromatic nitrogens is 1. The van der Waals surface area contributed by atoms with Crippen LogP contribution in [0, 0.1) is 11.8 Å². The van der Waals surface area contributed by atoms with Gasteiger partial charge in [0.25, 0.3) is 5.91 Å². The van der Waals surface area contributed by atoms with Crippen LogP contribution in [-0.4, -0.2) is 76.4 Å². The molecule has 0 spiro atoms. The van der Waals surface area contributed by atoms with Gasteiger partial charge in [-0.05, 0) is 55.2 Å². The minimum atomic E-state index is -4.38. The van der Waals surface area contributed by atoms with Gasteiger partial charge in [-0.25, -0.2) is 8.42 Å². The Hall–Kier alpha value is -3.89. The van der Waals surface area contributed by atoms with Crippen LogP contribution >= 0.6 is 0 Å². The minimum absolute atomic E-state index is 0.177. The van der Waals surface area contributed by atoms with Gasteiger partial charge in [-0.1, -0.05) is 31.2 Å². The van der Waals surface area contributed by atoms with Crippen LogP contribution < -0.4 is 26.0 Å². The molecule has 1 amide bonds. The first kappa shape index (κ1) is 34.0. The maximum atomic E-state index is 13.5. The van der Waals surface area contributed by atoms with Gasteiger partial charge in [0.2, 0.25) is 0 Å². The number of sulfone groups is 1. The zero-order chi connectivity index (χ0) is 32.5. The zero-order valence-electron chi connectivity index (χ0n) is 25.5. The second-order valence-corrected chi connectivity index (χ2v) is 13.3. The van der Waals surface area contributed by atoms with Crippen LogP contribution in [0.5, 0.6) is 5.75 Å². The Kier molecular flexibility index (Phi) is 11.6. The third-order valence-electron chi connectivity index (χ3n) is 7.70. The number of halogens is 3. The summed E-state index contributed by atoms with van der Waals surface area (Å²) >= 11 is 0. The number of nitrogens with one attached hydrogen (secondary N) is 4. The van der Waals surface area contributed by atoms with Crippen molar-refractivity contribution in [1.82, 2.24) is 15.2 Å². The van der Waals surface area contributed by atoms with Crippen LogP contribution in [0.4, 0.5) is 24.5 Å². The van der Waals surface area contributed by atoms with E-state index >= 15 is 0 Å². The molecule has 2 aromatic carbocycles. The number of hydrogen-bond donors (Lipinski definition) is 4. The van der Waals surface area contributed by atoms with E-state index in [0.29, 0.717) is 58.8 Å². The van der Waals surface area contributed by atoms with E-state index < -0.39 is 22.6 Å². The molecule has 1 saturated carbocycles. The van der Waals surface area contributed by atoms with E-state index in [9.17, 15) is 26.4 Å². The number of carbonyl (C=O) groups is 1. The highest BCUT2D eigenvalue weighted by molar-refractivity contribution is 7.91. The number of fused-ring (bicyclic) bond motifs is 1. The number of alkyl halides is 3. The topological polar surface area (TPSA) is 113 Å². The van der Waals surface area contributed by atoms with Crippen molar-refractivity contribution in [1.29, 1.82) is 0 Å². The number of amides is 1. The highest BCUT2D eigenvalue weighted by atomic mass is 32.2. The van der Waals surface area contributed by atoms with Crippen LogP contribution in [-0.2, 0) is 16.4 Å². The molecule has 1 aromatic heterocycles. The van der Waals surface area contributed by atoms with E-state index in [1.54, 1.807) is 43.4 Å². The summed E-state index contributed by atoms with van der Waals surface area (Å²) in [7, 11) is 0.394. The van der Waals surface area contributed by atoms with E-state index in [-0.39, 0.29) is 12.5 Å². The standard InChI is InChI=1S/C28H31F3N4O2.C4H9NO2S/c1-32-27(36)19-13-14-24(26(16-19)37-2)33-15-7-10-21-17-22-23(34-20-8-4-3-5-9-20)11-6-12-25(22)35(21)18-28(29,30)31;6-8(7)3-1-5-2-4-8/h6,11-14,16-17,20,33-34H,3-5,8-9,15,18H2,1-2H3,(H,32,36);5H,1-4H2. The van der Waals surface area contributed by atoms with E-state index in [1.807, 2.05) is 6.07 Å². The molecule has 0 radical (unpaired) electrons. The average Bonchev–Trinajstić information content (AvgIpc) is 3.36. The molecule has 2 fully saturated rings. The highest BCUT2D eigenvalue weighted by Gasteiger charge is 2.30. The Morgan fingerprint density at radius 2 is 1.80 bits per heavy atom. The lowest BCUT2D eigenvalue weighted by Crippen LogP contribution is -2.35. The molecular weight excluding hydrogens is 607 g/mol. The van der Waals surface area contributed by atoms with Gasteiger partial charge in [0, 0.05) is 42.8 Å². The Morgan fingerprint density at radius 3 is 2.42 bits per heavy atom. The van der Waals surface area contributed by atoms with Crippen molar-refractivity contribution in [3.05, 3.63) is 53.7 Å². The number of carbonyl (C=O) groups excluding carboxylic acids is 1. The van der Waals surface area contributed by atoms with E-state index in [1.165, 1.54) is 18.1 Å². The van der Waals surface area contributed by atoms with Crippen LogP contribution in [0.2, 0.25) is 0 Å². The Balaban J connectivity index is 0.000000501. The second kappa shape index (κ2) is 15.4. The summed E-state index contributed by atoms with van der Waals surface area (Å²) in [6.07, 6.45) is 1.28. The number of nitrogens with zero attached hydrogens (tertiary/aromatic N) is 1. The van der Waals surface area contributed by atoms with Crippen molar-refractivity contribution in [2.24, 2.45) is 0 Å². The summed E-state index contributed by atoms with van der Waals surface area (Å²) < 4.78 is 68.2. The van der Waals surface area contributed by atoms with Gasteiger partial charge in [0.05, 0.1) is 42.1 Å². The fourth-order valence-electron chi connectivity index (χ4n) is 5.41. The van der Waals surface area contributed by atoms with Gasteiger partial charge in [-0.2, -0.15) is 13.2 Å². The highest BCUT2D eigenvalue weighted by Crippen LogP contribution is 2.32. The molecule has 244 valence electrons. The van der Waals surface area contributed by atoms with E-state index in [0.717, 1.165) is 36.8 Å².